The normalized spacial score (nSPS) is 12.4. The molecule has 0 heterocycles. The zero-order chi connectivity index (χ0) is 15.9. The molecule has 0 fully saturated rings. The van der Waals surface area contributed by atoms with Gasteiger partial charge in [0.15, 0.2) is 0 Å². The quantitative estimate of drug-likeness (QED) is 0.736. The summed E-state index contributed by atoms with van der Waals surface area (Å²) in [5.74, 6) is 0.191. The summed E-state index contributed by atoms with van der Waals surface area (Å²) in [5.41, 5.74) is 1.36. The highest BCUT2D eigenvalue weighted by Crippen LogP contribution is 2.20. The third kappa shape index (κ3) is 4.98. The van der Waals surface area contributed by atoms with Crippen molar-refractivity contribution in [3.63, 3.8) is 0 Å². The lowest BCUT2D eigenvalue weighted by Gasteiger charge is -2.14. The lowest BCUT2D eigenvalue weighted by Crippen LogP contribution is -2.21. The molecule has 2 aromatic carbocycles. The standard InChI is InChI=1S/C16H17F2NO3/c17-16(18)22-14-6-2-4-12(8-14)15(21)10-19-9-11-3-1-5-13(20)7-11/h1-8,15-16,19-21H,9-10H2. The Hall–Kier alpha value is -2.18. The van der Waals surface area contributed by atoms with Gasteiger partial charge in [0, 0.05) is 13.1 Å². The van der Waals surface area contributed by atoms with Gasteiger partial charge < -0.3 is 20.3 Å². The summed E-state index contributed by atoms with van der Waals surface area (Å²) in [6, 6.07) is 12.7. The van der Waals surface area contributed by atoms with Gasteiger partial charge in [0.2, 0.25) is 0 Å². The van der Waals surface area contributed by atoms with Gasteiger partial charge in [-0.1, -0.05) is 24.3 Å². The Morgan fingerprint density at radius 3 is 2.59 bits per heavy atom. The van der Waals surface area contributed by atoms with Gasteiger partial charge in [0.25, 0.3) is 0 Å². The van der Waals surface area contributed by atoms with Crippen molar-refractivity contribution in [2.24, 2.45) is 0 Å². The molecule has 6 heteroatoms. The molecule has 0 amide bonds. The van der Waals surface area contributed by atoms with Crippen molar-refractivity contribution >= 4 is 0 Å². The first-order chi connectivity index (χ1) is 10.5. The molecule has 22 heavy (non-hydrogen) atoms. The minimum Gasteiger partial charge on any atom is -0.508 e. The summed E-state index contributed by atoms with van der Waals surface area (Å²) in [4.78, 5) is 0. The van der Waals surface area contributed by atoms with Crippen LogP contribution >= 0.6 is 0 Å². The second-order valence-corrected chi connectivity index (χ2v) is 4.77. The number of phenolic OH excluding ortho intramolecular Hbond substituents is 1. The molecule has 0 spiro atoms. The second kappa shape index (κ2) is 7.72. The van der Waals surface area contributed by atoms with Crippen molar-refractivity contribution in [2.75, 3.05) is 6.54 Å². The lowest BCUT2D eigenvalue weighted by molar-refractivity contribution is -0.0499. The lowest BCUT2D eigenvalue weighted by atomic mass is 10.1. The van der Waals surface area contributed by atoms with E-state index in [1.54, 1.807) is 30.3 Å². The highest BCUT2D eigenvalue weighted by atomic mass is 19.3. The Balaban J connectivity index is 1.88. The molecule has 0 aromatic heterocycles. The Bertz CT molecular complexity index is 607. The minimum atomic E-state index is -2.89. The van der Waals surface area contributed by atoms with Gasteiger partial charge in [0.05, 0.1) is 6.10 Å². The fourth-order valence-electron chi connectivity index (χ4n) is 2.04. The number of aliphatic hydroxyl groups excluding tert-OH is 1. The SMILES string of the molecule is Oc1cccc(CNCC(O)c2cccc(OC(F)F)c2)c1. The molecule has 4 nitrogen and oxygen atoms in total. The minimum absolute atomic E-state index is 0.0135. The molecule has 2 aromatic rings. The van der Waals surface area contributed by atoms with Crippen LogP contribution in [0.25, 0.3) is 0 Å². The van der Waals surface area contributed by atoms with E-state index >= 15 is 0 Å². The van der Waals surface area contributed by atoms with Gasteiger partial charge in [-0.25, -0.2) is 0 Å². The molecule has 0 saturated carbocycles. The van der Waals surface area contributed by atoms with Gasteiger partial charge in [-0.15, -0.1) is 0 Å². The number of phenols is 1. The van der Waals surface area contributed by atoms with Crippen LogP contribution in [0, 0.1) is 0 Å². The average molecular weight is 309 g/mol. The van der Waals surface area contributed by atoms with E-state index in [0.29, 0.717) is 12.1 Å². The molecule has 0 saturated heterocycles. The number of benzene rings is 2. The van der Waals surface area contributed by atoms with E-state index in [1.807, 2.05) is 6.07 Å². The van der Waals surface area contributed by atoms with Crippen LogP contribution < -0.4 is 10.1 Å². The van der Waals surface area contributed by atoms with Crippen molar-refractivity contribution in [2.45, 2.75) is 19.3 Å². The topological polar surface area (TPSA) is 61.7 Å². The van der Waals surface area contributed by atoms with Gasteiger partial charge in [0.1, 0.15) is 11.5 Å². The van der Waals surface area contributed by atoms with Crippen molar-refractivity contribution in [3.8, 4) is 11.5 Å². The molecule has 0 radical (unpaired) electrons. The van der Waals surface area contributed by atoms with Crippen LogP contribution in [0.2, 0.25) is 0 Å². The zero-order valence-corrected chi connectivity index (χ0v) is 11.7. The number of aromatic hydroxyl groups is 1. The van der Waals surface area contributed by atoms with Crippen LogP contribution in [0.4, 0.5) is 8.78 Å². The maximum atomic E-state index is 12.2. The number of alkyl halides is 2. The van der Waals surface area contributed by atoms with Gasteiger partial charge in [-0.3, -0.25) is 0 Å². The van der Waals surface area contributed by atoms with Crippen LogP contribution in [-0.2, 0) is 6.54 Å². The number of nitrogens with one attached hydrogen (secondary N) is 1. The predicted molar refractivity (Wildman–Crippen MR) is 77.8 cm³/mol. The number of aliphatic hydroxyl groups is 1. The van der Waals surface area contributed by atoms with Gasteiger partial charge in [-0.2, -0.15) is 8.78 Å². The van der Waals surface area contributed by atoms with Crippen LogP contribution in [0.15, 0.2) is 48.5 Å². The number of rotatable bonds is 7. The van der Waals surface area contributed by atoms with E-state index in [4.69, 9.17) is 0 Å². The molecule has 3 N–H and O–H groups in total. The number of hydrogen-bond donors (Lipinski definition) is 3. The first kappa shape index (κ1) is 16.2. The zero-order valence-electron chi connectivity index (χ0n) is 11.7. The predicted octanol–water partition coefficient (Wildman–Crippen LogP) is 2.82. The van der Waals surface area contributed by atoms with Crippen molar-refractivity contribution < 1.29 is 23.7 Å². The summed E-state index contributed by atoms with van der Waals surface area (Å²) in [6.45, 7) is -2.18. The number of halogens is 2. The van der Waals surface area contributed by atoms with Gasteiger partial charge in [-0.05, 0) is 35.4 Å². The van der Waals surface area contributed by atoms with Crippen LogP contribution in [-0.4, -0.2) is 23.4 Å². The van der Waals surface area contributed by atoms with Gasteiger partial charge >= 0.3 is 6.61 Å². The van der Waals surface area contributed by atoms with Crippen LogP contribution in [0.5, 0.6) is 11.5 Å². The van der Waals surface area contributed by atoms with Crippen LogP contribution in [0.3, 0.4) is 0 Å². The molecule has 1 unspecified atom stereocenters. The molecule has 1 atom stereocenters. The van der Waals surface area contributed by atoms with E-state index in [9.17, 15) is 19.0 Å². The summed E-state index contributed by atoms with van der Waals surface area (Å²) in [7, 11) is 0. The number of ether oxygens (including phenoxy) is 1. The molecule has 0 aliphatic rings. The third-order valence-corrected chi connectivity index (χ3v) is 3.05. The Morgan fingerprint density at radius 2 is 1.86 bits per heavy atom. The Labute approximate surface area is 127 Å². The molecule has 118 valence electrons. The van der Waals surface area contributed by atoms with E-state index < -0.39 is 12.7 Å². The monoisotopic (exact) mass is 309 g/mol. The first-order valence-electron chi connectivity index (χ1n) is 6.76. The van der Waals surface area contributed by atoms with Crippen LogP contribution in [0.1, 0.15) is 17.2 Å². The molecular weight excluding hydrogens is 292 g/mol. The molecular formula is C16H17F2NO3. The fourth-order valence-corrected chi connectivity index (χ4v) is 2.04. The molecule has 0 aliphatic heterocycles. The largest absolute Gasteiger partial charge is 0.508 e. The average Bonchev–Trinajstić information content (AvgIpc) is 2.47. The van der Waals surface area contributed by atoms with Crippen molar-refractivity contribution in [1.29, 1.82) is 0 Å². The highest BCUT2D eigenvalue weighted by Gasteiger charge is 2.10. The Kier molecular flexibility index (Phi) is 5.68. The molecule has 2 rings (SSSR count). The van der Waals surface area contributed by atoms with Crippen molar-refractivity contribution in [1.82, 2.24) is 5.32 Å². The third-order valence-electron chi connectivity index (χ3n) is 3.05. The summed E-state index contributed by atoms with van der Waals surface area (Å²) in [6.07, 6.45) is -0.849. The maximum absolute atomic E-state index is 12.2. The fraction of sp³-hybridized carbons (Fsp3) is 0.250. The number of hydrogen-bond acceptors (Lipinski definition) is 4. The summed E-state index contributed by atoms with van der Waals surface area (Å²) >= 11 is 0. The second-order valence-electron chi connectivity index (χ2n) is 4.77. The first-order valence-corrected chi connectivity index (χ1v) is 6.76. The summed E-state index contributed by atoms with van der Waals surface area (Å²) < 4.78 is 28.6. The maximum Gasteiger partial charge on any atom is 0.387 e. The van der Waals surface area contributed by atoms with E-state index in [0.717, 1.165) is 5.56 Å². The smallest absolute Gasteiger partial charge is 0.387 e. The van der Waals surface area contributed by atoms with E-state index in [1.165, 1.54) is 12.1 Å². The molecule has 0 bridgehead atoms. The van der Waals surface area contributed by atoms with E-state index in [2.05, 4.69) is 10.1 Å². The highest BCUT2D eigenvalue weighted by molar-refractivity contribution is 5.30. The van der Waals surface area contributed by atoms with E-state index in [-0.39, 0.29) is 18.0 Å². The summed E-state index contributed by atoms with van der Waals surface area (Å²) in [5, 5.41) is 22.4. The Morgan fingerprint density at radius 1 is 1.09 bits per heavy atom. The molecule has 0 aliphatic carbocycles. The van der Waals surface area contributed by atoms with Crippen molar-refractivity contribution in [3.05, 3.63) is 59.7 Å².